The van der Waals surface area contributed by atoms with Gasteiger partial charge in [0.05, 0.1) is 24.4 Å². The third-order valence-corrected chi connectivity index (χ3v) is 8.68. The van der Waals surface area contributed by atoms with Gasteiger partial charge in [-0.15, -0.1) is 6.58 Å². The minimum absolute atomic E-state index is 0.120. The molecular formula is C31H49NO11. The number of hydrogen-bond donors (Lipinski definition) is 7. The predicted octanol–water partition coefficient (Wildman–Crippen LogP) is 2.40. The predicted molar refractivity (Wildman–Crippen MR) is 158 cm³/mol. The van der Waals surface area contributed by atoms with E-state index in [1.807, 2.05) is 13.8 Å². The zero-order valence-corrected chi connectivity index (χ0v) is 26.2. The summed E-state index contributed by atoms with van der Waals surface area (Å²) in [5.41, 5.74) is 0.304. The molecule has 244 valence electrons. The van der Waals surface area contributed by atoms with Crippen molar-refractivity contribution in [2.45, 2.75) is 110 Å². The summed E-state index contributed by atoms with van der Waals surface area (Å²) in [7, 11) is 2.75. The summed E-state index contributed by atoms with van der Waals surface area (Å²) < 4.78 is 17.0. The van der Waals surface area contributed by atoms with E-state index in [2.05, 4.69) is 11.9 Å². The minimum atomic E-state index is -1.50. The lowest BCUT2D eigenvalue weighted by Crippen LogP contribution is -2.59. The quantitative estimate of drug-likeness (QED) is 0.114. The van der Waals surface area contributed by atoms with E-state index in [0.29, 0.717) is 12.0 Å². The fraction of sp³-hybridized carbons (Fsp3) is 0.677. The SMILES string of the molecule is C=C(C)CC(OC)C(O)C(=O)N[C@H](OC)[C@@H]1CC(O)C(C)(C)[C@@H](C[C@H](O)[C@@H](C)CCc2c(C)c(O)cc(O)c2C(=O)O)O1. The maximum absolute atomic E-state index is 12.8. The Hall–Kier alpha value is -2.74. The Morgan fingerprint density at radius 1 is 1.19 bits per heavy atom. The van der Waals surface area contributed by atoms with Crippen molar-refractivity contribution in [2.24, 2.45) is 11.3 Å². The number of aromatic carboxylic acids is 1. The number of ether oxygens (including phenoxy) is 3. The Labute approximate surface area is 253 Å². The second-order valence-electron chi connectivity index (χ2n) is 12.3. The lowest BCUT2D eigenvalue weighted by atomic mass is 9.73. The van der Waals surface area contributed by atoms with E-state index in [9.17, 15) is 40.2 Å². The summed E-state index contributed by atoms with van der Waals surface area (Å²) in [4.78, 5) is 24.6. The van der Waals surface area contributed by atoms with Crippen LogP contribution in [0.1, 0.15) is 74.9 Å². The highest BCUT2D eigenvalue weighted by Gasteiger charge is 2.47. The number of aliphatic hydroxyl groups is 3. The van der Waals surface area contributed by atoms with Crippen LogP contribution in [0.3, 0.4) is 0 Å². The molecule has 3 unspecified atom stereocenters. The van der Waals surface area contributed by atoms with Crippen molar-refractivity contribution >= 4 is 11.9 Å². The number of carboxylic acid groups (broad SMARTS) is 1. The molecule has 0 saturated carbocycles. The highest BCUT2D eigenvalue weighted by molar-refractivity contribution is 5.93. The van der Waals surface area contributed by atoms with E-state index in [1.165, 1.54) is 14.2 Å². The van der Waals surface area contributed by atoms with Gasteiger partial charge in [0.1, 0.15) is 23.2 Å². The van der Waals surface area contributed by atoms with Crippen LogP contribution in [0.4, 0.5) is 0 Å². The number of aliphatic hydroxyl groups excluding tert-OH is 3. The Bertz CT molecular complexity index is 1140. The van der Waals surface area contributed by atoms with Crippen LogP contribution in [0.2, 0.25) is 0 Å². The van der Waals surface area contributed by atoms with Crippen LogP contribution in [0.5, 0.6) is 11.5 Å². The third kappa shape index (κ3) is 8.90. The first-order valence-corrected chi connectivity index (χ1v) is 14.4. The van der Waals surface area contributed by atoms with Gasteiger partial charge in [-0.25, -0.2) is 4.79 Å². The molecule has 1 heterocycles. The van der Waals surface area contributed by atoms with Gasteiger partial charge in [0, 0.05) is 38.5 Å². The van der Waals surface area contributed by atoms with Crippen molar-refractivity contribution in [3.63, 3.8) is 0 Å². The molecule has 1 amide bonds. The Balaban J connectivity index is 2.14. The van der Waals surface area contributed by atoms with Crippen LogP contribution in [-0.2, 0) is 25.4 Å². The van der Waals surface area contributed by atoms with Crippen molar-refractivity contribution < 1.29 is 54.4 Å². The van der Waals surface area contributed by atoms with Crippen molar-refractivity contribution in [1.82, 2.24) is 5.32 Å². The third-order valence-electron chi connectivity index (χ3n) is 8.68. The maximum atomic E-state index is 12.8. The molecule has 0 radical (unpaired) electrons. The number of amides is 1. The number of phenols is 2. The van der Waals surface area contributed by atoms with Gasteiger partial charge in [-0.1, -0.05) is 26.3 Å². The number of hydrogen-bond acceptors (Lipinski definition) is 10. The number of carbonyl (C=O) groups is 2. The Morgan fingerprint density at radius 2 is 1.81 bits per heavy atom. The number of phenolic OH excluding ortho intramolecular Hbond substituents is 1. The van der Waals surface area contributed by atoms with Crippen LogP contribution >= 0.6 is 0 Å². The second-order valence-corrected chi connectivity index (χ2v) is 12.3. The van der Waals surface area contributed by atoms with Crippen LogP contribution in [0.25, 0.3) is 0 Å². The van der Waals surface area contributed by atoms with E-state index in [0.717, 1.165) is 11.6 Å². The van der Waals surface area contributed by atoms with E-state index in [4.69, 9.17) is 14.2 Å². The lowest BCUT2D eigenvalue weighted by molar-refractivity contribution is -0.216. The highest BCUT2D eigenvalue weighted by Crippen LogP contribution is 2.40. The zero-order valence-electron chi connectivity index (χ0n) is 26.2. The molecule has 2 rings (SSSR count). The number of methoxy groups -OCH3 is 2. The molecule has 43 heavy (non-hydrogen) atoms. The molecule has 1 aromatic rings. The van der Waals surface area contributed by atoms with E-state index < -0.39 is 65.9 Å². The molecule has 0 aliphatic carbocycles. The number of carbonyl (C=O) groups excluding carboxylic acids is 1. The number of carboxylic acids is 1. The fourth-order valence-electron chi connectivity index (χ4n) is 5.47. The lowest BCUT2D eigenvalue weighted by Gasteiger charge is -2.48. The minimum Gasteiger partial charge on any atom is -0.508 e. The molecule has 1 aliphatic rings. The summed E-state index contributed by atoms with van der Waals surface area (Å²) in [5, 5.41) is 65.2. The summed E-state index contributed by atoms with van der Waals surface area (Å²) in [6, 6.07) is 0.999. The normalized spacial score (nSPS) is 23.5. The fourth-order valence-corrected chi connectivity index (χ4v) is 5.47. The average molecular weight is 612 g/mol. The summed E-state index contributed by atoms with van der Waals surface area (Å²) in [5.74, 6) is -3.15. The van der Waals surface area contributed by atoms with Gasteiger partial charge in [-0.2, -0.15) is 0 Å². The molecular weight excluding hydrogens is 562 g/mol. The van der Waals surface area contributed by atoms with Gasteiger partial charge in [-0.3, -0.25) is 4.79 Å². The molecule has 8 atom stereocenters. The number of benzene rings is 1. The Morgan fingerprint density at radius 3 is 2.35 bits per heavy atom. The van der Waals surface area contributed by atoms with E-state index in [1.54, 1.807) is 20.8 Å². The van der Waals surface area contributed by atoms with Gasteiger partial charge < -0.3 is 50.2 Å². The van der Waals surface area contributed by atoms with Gasteiger partial charge in [0.25, 0.3) is 5.91 Å². The summed E-state index contributed by atoms with van der Waals surface area (Å²) >= 11 is 0. The van der Waals surface area contributed by atoms with Crippen LogP contribution in [0, 0.1) is 18.3 Å². The van der Waals surface area contributed by atoms with Crippen molar-refractivity contribution in [1.29, 1.82) is 0 Å². The standard InChI is InChI=1S/C31H49NO11/c1-15(2)11-22(41-7)27(37)28(38)32-29(42-8)23-14-24(36)31(5,6)25(43-23)13-19(33)16(3)9-10-18-17(4)20(34)12-21(35)26(18)30(39)40/h12,16,19,22-25,27,29,33-37H,1,9-11,13-14H2,2-8H3,(H,32,38)(H,39,40)/t16-,19-,22?,23-,24?,25+,27?,29+/m0/s1. The molecule has 12 heteroatoms. The molecule has 1 aromatic carbocycles. The summed E-state index contributed by atoms with van der Waals surface area (Å²) in [6.45, 7) is 12.5. The molecule has 0 aromatic heterocycles. The molecule has 12 nitrogen and oxygen atoms in total. The topological polar surface area (TPSA) is 195 Å². The maximum Gasteiger partial charge on any atom is 0.339 e. The molecule has 7 N–H and O–H groups in total. The molecule has 1 aliphatic heterocycles. The van der Waals surface area contributed by atoms with Crippen molar-refractivity contribution in [3.05, 3.63) is 34.9 Å². The molecule has 0 spiro atoms. The van der Waals surface area contributed by atoms with Gasteiger partial charge in [-0.05, 0) is 50.2 Å². The number of rotatable bonds is 15. The average Bonchev–Trinajstić information content (AvgIpc) is 2.92. The second kappa shape index (κ2) is 15.3. The summed E-state index contributed by atoms with van der Waals surface area (Å²) in [6.07, 6.45) is -5.52. The molecule has 1 saturated heterocycles. The van der Waals surface area contributed by atoms with Crippen LogP contribution in [0.15, 0.2) is 18.2 Å². The number of nitrogens with one attached hydrogen (secondary N) is 1. The van der Waals surface area contributed by atoms with Crippen molar-refractivity contribution in [3.8, 4) is 11.5 Å². The van der Waals surface area contributed by atoms with Gasteiger partial charge >= 0.3 is 5.97 Å². The smallest absolute Gasteiger partial charge is 0.339 e. The van der Waals surface area contributed by atoms with Crippen LogP contribution in [-0.4, -0.2) is 99.6 Å². The monoisotopic (exact) mass is 611 g/mol. The number of aromatic hydroxyl groups is 2. The molecule has 1 fully saturated rings. The van der Waals surface area contributed by atoms with Gasteiger partial charge in [0.2, 0.25) is 0 Å². The first-order chi connectivity index (χ1) is 20.0. The van der Waals surface area contributed by atoms with E-state index >= 15 is 0 Å². The Kier molecular flexibility index (Phi) is 13.0. The van der Waals surface area contributed by atoms with Gasteiger partial charge in [0.15, 0.2) is 12.3 Å². The van der Waals surface area contributed by atoms with Crippen LogP contribution < -0.4 is 5.32 Å². The highest BCUT2D eigenvalue weighted by atomic mass is 16.6. The first kappa shape index (κ1) is 36.5. The van der Waals surface area contributed by atoms with E-state index in [-0.39, 0.29) is 48.5 Å². The molecule has 0 bridgehead atoms. The zero-order chi connectivity index (χ0) is 32.8. The largest absolute Gasteiger partial charge is 0.508 e. The first-order valence-electron chi connectivity index (χ1n) is 14.4. The van der Waals surface area contributed by atoms with Crippen molar-refractivity contribution in [2.75, 3.05) is 14.2 Å².